The molecule has 0 aromatic carbocycles. The molecule has 0 spiro atoms. The van der Waals surface area contributed by atoms with Crippen molar-refractivity contribution in [2.75, 3.05) is 0 Å². The summed E-state index contributed by atoms with van der Waals surface area (Å²) in [6.45, 7) is 1.93. The quantitative estimate of drug-likeness (QED) is 0.747. The van der Waals surface area contributed by atoms with Gasteiger partial charge in [-0.3, -0.25) is 8.97 Å². The van der Waals surface area contributed by atoms with E-state index < -0.39 is 0 Å². The zero-order chi connectivity index (χ0) is 11.8. The van der Waals surface area contributed by atoms with Crippen molar-refractivity contribution < 1.29 is 0 Å². The standard InChI is InChI=1S/C13H13N3O/c1-10-9-12-14-7-8-15(12)13(17)16(10)11-5-3-2-4-6-11/h3,5-9H,2,4H2,1H3. The van der Waals surface area contributed by atoms with Gasteiger partial charge in [0.2, 0.25) is 0 Å². The third kappa shape index (κ3) is 1.53. The number of hydrogen-bond donors (Lipinski definition) is 0. The molecule has 1 aliphatic rings. The number of fused-ring (bicyclic) bond motifs is 1. The van der Waals surface area contributed by atoms with E-state index in [1.165, 1.54) is 0 Å². The summed E-state index contributed by atoms with van der Waals surface area (Å²) in [6.07, 6.45) is 11.6. The second kappa shape index (κ2) is 3.73. The molecule has 0 aliphatic heterocycles. The predicted octanol–water partition coefficient (Wildman–Crippen LogP) is 2.00. The molecule has 4 nitrogen and oxygen atoms in total. The predicted molar refractivity (Wildman–Crippen MR) is 66.8 cm³/mol. The number of imidazole rings is 1. The molecule has 2 aromatic heterocycles. The van der Waals surface area contributed by atoms with Crippen LogP contribution in [0.3, 0.4) is 0 Å². The number of aryl methyl sites for hydroxylation is 1. The molecule has 17 heavy (non-hydrogen) atoms. The Hall–Kier alpha value is -2.10. The van der Waals surface area contributed by atoms with Gasteiger partial charge in [-0.25, -0.2) is 9.78 Å². The normalized spacial score (nSPS) is 15.2. The Morgan fingerprint density at radius 2 is 2.24 bits per heavy atom. The maximum Gasteiger partial charge on any atom is 0.338 e. The number of allylic oxidation sites excluding steroid dienone is 4. The van der Waals surface area contributed by atoms with Crippen LogP contribution in [0.25, 0.3) is 11.3 Å². The van der Waals surface area contributed by atoms with Crippen LogP contribution in [0.15, 0.2) is 41.5 Å². The average molecular weight is 227 g/mol. The van der Waals surface area contributed by atoms with Crippen LogP contribution in [-0.2, 0) is 0 Å². The van der Waals surface area contributed by atoms with Crippen molar-refractivity contribution in [3.63, 3.8) is 0 Å². The first-order chi connectivity index (χ1) is 8.27. The maximum absolute atomic E-state index is 12.3. The van der Waals surface area contributed by atoms with Gasteiger partial charge in [0.05, 0.1) is 0 Å². The topological polar surface area (TPSA) is 39.3 Å². The first-order valence-corrected chi connectivity index (χ1v) is 5.70. The fourth-order valence-corrected chi connectivity index (χ4v) is 2.17. The van der Waals surface area contributed by atoms with E-state index in [0.717, 1.165) is 24.2 Å². The van der Waals surface area contributed by atoms with Crippen molar-refractivity contribution in [2.24, 2.45) is 0 Å². The van der Waals surface area contributed by atoms with Crippen LogP contribution in [0, 0.1) is 6.92 Å². The summed E-state index contributed by atoms with van der Waals surface area (Å²) in [6, 6.07) is 1.92. The first-order valence-electron chi connectivity index (χ1n) is 5.70. The smallest absolute Gasteiger partial charge is 0.267 e. The minimum Gasteiger partial charge on any atom is -0.267 e. The SMILES string of the molecule is Cc1cc2nccn2c(=O)n1C1=CCCC=C1. The zero-order valence-corrected chi connectivity index (χ0v) is 9.63. The Kier molecular flexibility index (Phi) is 2.21. The number of rotatable bonds is 1. The van der Waals surface area contributed by atoms with E-state index >= 15 is 0 Å². The average Bonchev–Trinajstić information content (AvgIpc) is 2.78. The Bertz CT molecular complexity index is 688. The molecule has 0 N–H and O–H groups in total. The Labute approximate surface area is 98.5 Å². The summed E-state index contributed by atoms with van der Waals surface area (Å²) in [7, 11) is 0. The molecular weight excluding hydrogens is 214 g/mol. The minimum atomic E-state index is -0.0599. The van der Waals surface area contributed by atoms with Crippen molar-refractivity contribution in [1.29, 1.82) is 0 Å². The monoisotopic (exact) mass is 227 g/mol. The van der Waals surface area contributed by atoms with Crippen LogP contribution in [0.5, 0.6) is 0 Å². The van der Waals surface area contributed by atoms with Gasteiger partial charge in [-0.1, -0.05) is 12.2 Å². The van der Waals surface area contributed by atoms with Crippen LogP contribution < -0.4 is 5.69 Å². The molecule has 0 saturated heterocycles. The third-order valence-electron chi connectivity index (χ3n) is 2.99. The van der Waals surface area contributed by atoms with Crippen molar-refractivity contribution in [1.82, 2.24) is 14.0 Å². The van der Waals surface area contributed by atoms with Gasteiger partial charge in [-0.05, 0) is 25.8 Å². The zero-order valence-electron chi connectivity index (χ0n) is 9.63. The number of hydrogen-bond acceptors (Lipinski definition) is 2. The van der Waals surface area contributed by atoms with E-state index in [9.17, 15) is 4.79 Å². The summed E-state index contributed by atoms with van der Waals surface area (Å²) >= 11 is 0. The minimum absolute atomic E-state index is 0.0599. The summed E-state index contributed by atoms with van der Waals surface area (Å²) in [4.78, 5) is 16.5. The van der Waals surface area contributed by atoms with Crippen LogP contribution in [0.2, 0.25) is 0 Å². The molecule has 0 bridgehead atoms. The maximum atomic E-state index is 12.3. The molecule has 0 atom stereocenters. The van der Waals surface area contributed by atoms with Crippen molar-refractivity contribution in [3.05, 3.63) is 52.9 Å². The van der Waals surface area contributed by atoms with Crippen molar-refractivity contribution in [2.45, 2.75) is 19.8 Å². The Morgan fingerprint density at radius 1 is 1.35 bits per heavy atom. The van der Waals surface area contributed by atoms with Gasteiger partial charge >= 0.3 is 5.69 Å². The van der Waals surface area contributed by atoms with Gasteiger partial charge in [0.1, 0.15) is 5.65 Å². The highest BCUT2D eigenvalue weighted by Crippen LogP contribution is 2.15. The lowest BCUT2D eigenvalue weighted by atomic mass is 10.1. The molecule has 0 amide bonds. The fraction of sp³-hybridized carbons (Fsp3) is 0.231. The Balaban J connectivity index is 2.32. The summed E-state index contributed by atoms with van der Waals surface area (Å²) in [5.74, 6) is 0. The molecule has 0 saturated carbocycles. The molecule has 1 aliphatic carbocycles. The lowest BCUT2D eigenvalue weighted by Crippen LogP contribution is -2.27. The molecule has 0 fully saturated rings. The van der Waals surface area contributed by atoms with Gasteiger partial charge in [0, 0.05) is 29.9 Å². The van der Waals surface area contributed by atoms with Crippen molar-refractivity contribution in [3.8, 4) is 0 Å². The van der Waals surface area contributed by atoms with Gasteiger partial charge in [-0.15, -0.1) is 0 Å². The van der Waals surface area contributed by atoms with E-state index in [1.807, 2.05) is 19.1 Å². The van der Waals surface area contributed by atoms with Crippen LogP contribution in [-0.4, -0.2) is 14.0 Å². The van der Waals surface area contributed by atoms with E-state index in [1.54, 1.807) is 21.4 Å². The summed E-state index contributed by atoms with van der Waals surface area (Å²) in [5.41, 5.74) is 2.50. The second-order valence-electron chi connectivity index (χ2n) is 4.17. The van der Waals surface area contributed by atoms with E-state index in [4.69, 9.17) is 0 Å². The molecule has 0 unspecified atom stereocenters. The van der Waals surface area contributed by atoms with E-state index in [0.29, 0.717) is 5.65 Å². The first kappa shape index (κ1) is 10.1. The summed E-state index contributed by atoms with van der Waals surface area (Å²) < 4.78 is 3.29. The van der Waals surface area contributed by atoms with Gasteiger partial charge in [0.15, 0.2) is 0 Å². The third-order valence-corrected chi connectivity index (χ3v) is 2.99. The van der Waals surface area contributed by atoms with Crippen LogP contribution >= 0.6 is 0 Å². The number of nitrogens with zero attached hydrogens (tertiary/aromatic N) is 3. The highest BCUT2D eigenvalue weighted by Gasteiger charge is 2.09. The van der Waals surface area contributed by atoms with Gasteiger partial charge in [0.25, 0.3) is 0 Å². The highest BCUT2D eigenvalue weighted by molar-refractivity contribution is 5.60. The van der Waals surface area contributed by atoms with Gasteiger partial charge in [-0.2, -0.15) is 0 Å². The molecule has 2 aromatic rings. The highest BCUT2D eigenvalue weighted by atomic mass is 16.1. The van der Waals surface area contributed by atoms with Gasteiger partial charge < -0.3 is 0 Å². The molecule has 0 radical (unpaired) electrons. The molecule has 2 heterocycles. The van der Waals surface area contributed by atoms with Crippen LogP contribution in [0.4, 0.5) is 0 Å². The molecule has 3 rings (SSSR count). The van der Waals surface area contributed by atoms with Crippen LogP contribution in [0.1, 0.15) is 18.5 Å². The van der Waals surface area contributed by atoms with Crippen molar-refractivity contribution >= 4 is 11.3 Å². The summed E-state index contributed by atoms with van der Waals surface area (Å²) in [5, 5.41) is 0. The Morgan fingerprint density at radius 3 is 3.00 bits per heavy atom. The lowest BCUT2D eigenvalue weighted by Gasteiger charge is -2.13. The van der Waals surface area contributed by atoms with E-state index in [-0.39, 0.29) is 5.69 Å². The number of aromatic nitrogens is 3. The second-order valence-corrected chi connectivity index (χ2v) is 4.17. The lowest BCUT2D eigenvalue weighted by molar-refractivity contribution is 0.854. The molecule has 4 heteroatoms. The van der Waals surface area contributed by atoms with E-state index in [2.05, 4.69) is 17.1 Å². The molecular formula is C13H13N3O. The molecule has 86 valence electrons. The largest absolute Gasteiger partial charge is 0.338 e. The fourth-order valence-electron chi connectivity index (χ4n) is 2.17.